The van der Waals surface area contributed by atoms with Crippen LogP contribution < -0.4 is 11.1 Å². The number of carbonyl (C=O) groups is 2. The van der Waals surface area contributed by atoms with Gasteiger partial charge in [0.05, 0.1) is 5.56 Å². The van der Waals surface area contributed by atoms with Gasteiger partial charge in [-0.3, -0.25) is 4.79 Å². The molecule has 0 heterocycles. The van der Waals surface area contributed by atoms with Gasteiger partial charge in [0.2, 0.25) is 0 Å². The Morgan fingerprint density at radius 3 is 2.52 bits per heavy atom. The van der Waals surface area contributed by atoms with Crippen LogP contribution in [0.4, 0.5) is 11.4 Å². The van der Waals surface area contributed by atoms with Gasteiger partial charge in [0.15, 0.2) is 6.61 Å². The first kappa shape index (κ1) is 14.9. The number of nitrogens with one attached hydrogen (secondary N) is 1. The lowest BCUT2D eigenvalue weighted by Crippen LogP contribution is -2.21. The number of halogens is 1. The number of hydrogen-bond acceptors (Lipinski definition) is 4. The third-order valence-corrected chi connectivity index (χ3v) is 2.86. The van der Waals surface area contributed by atoms with Crippen molar-refractivity contribution >= 4 is 34.9 Å². The minimum absolute atomic E-state index is 0.173. The number of anilines is 2. The van der Waals surface area contributed by atoms with Gasteiger partial charge in [-0.2, -0.15) is 0 Å². The highest BCUT2D eigenvalue weighted by Gasteiger charge is 2.13. The number of hydrogen-bond donors (Lipinski definition) is 2. The van der Waals surface area contributed by atoms with E-state index < -0.39 is 18.5 Å². The Morgan fingerprint density at radius 2 is 1.86 bits per heavy atom. The molecule has 0 radical (unpaired) electrons. The standard InChI is InChI=1S/C15H13ClN2O3/c16-10-6-7-12(13(17)8-10)15(20)21-9-14(19)18-11-4-2-1-3-5-11/h1-8H,9,17H2,(H,18,19). The number of amides is 1. The number of ether oxygens (including phenoxy) is 1. The Kier molecular flexibility index (Phi) is 4.79. The molecule has 6 heteroatoms. The van der Waals surface area contributed by atoms with E-state index in [1.165, 1.54) is 18.2 Å². The van der Waals surface area contributed by atoms with E-state index in [9.17, 15) is 9.59 Å². The third-order valence-electron chi connectivity index (χ3n) is 2.63. The molecule has 0 atom stereocenters. The summed E-state index contributed by atoms with van der Waals surface area (Å²) in [6, 6.07) is 13.3. The molecule has 2 rings (SSSR count). The summed E-state index contributed by atoms with van der Waals surface area (Å²) in [5, 5.41) is 3.03. The zero-order chi connectivity index (χ0) is 15.2. The monoisotopic (exact) mass is 304 g/mol. The second-order valence-electron chi connectivity index (χ2n) is 4.22. The molecule has 108 valence electrons. The lowest BCUT2D eigenvalue weighted by atomic mass is 10.2. The number of benzene rings is 2. The SMILES string of the molecule is Nc1cc(Cl)ccc1C(=O)OCC(=O)Nc1ccccc1. The van der Waals surface area contributed by atoms with Gasteiger partial charge in [-0.05, 0) is 30.3 Å². The van der Waals surface area contributed by atoms with E-state index in [0.717, 1.165) is 0 Å². The molecule has 1 amide bonds. The lowest BCUT2D eigenvalue weighted by Gasteiger charge is -2.08. The van der Waals surface area contributed by atoms with Crippen LogP contribution in [0.25, 0.3) is 0 Å². The molecule has 0 saturated carbocycles. The number of rotatable bonds is 4. The van der Waals surface area contributed by atoms with E-state index in [0.29, 0.717) is 10.7 Å². The second-order valence-corrected chi connectivity index (χ2v) is 4.66. The van der Waals surface area contributed by atoms with Crippen molar-refractivity contribution in [3.8, 4) is 0 Å². The van der Waals surface area contributed by atoms with Gasteiger partial charge in [-0.15, -0.1) is 0 Å². The highest BCUT2D eigenvalue weighted by Crippen LogP contribution is 2.18. The summed E-state index contributed by atoms with van der Waals surface area (Å²) in [6.07, 6.45) is 0. The number of esters is 1. The Labute approximate surface area is 126 Å². The zero-order valence-electron chi connectivity index (χ0n) is 11.0. The zero-order valence-corrected chi connectivity index (χ0v) is 11.8. The topological polar surface area (TPSA) is 81.4 Å². The van der Waals surface area contributed by atoms with Crippen LogP contribution in [0.1, 0.15) is 10.4 Å². The predicted octanol–water partition coefficient (Wildman–Crippen LogP) is 2.72. The van der Waals surface area contributed by atoms with E-state index in [1.54, 1.807) is 24.3 Å². The average Bonchev–Trinajstić information content (AvgIpc) is 2.46. The molecule has 0 aliphatic rings. The van der Waals surface area contributed by atoms with Gasteiger partial charge < -0.3 is 15.8 Å². The normalized spacial score (nSPS) is 9.95. The van der Waals surface area contributed by atoms with Crippen molar-refractivity contribution in [1.82, 2.24) is 0 Å². The van der Waals surface area contributed by atoms with Gasteiger partial charge in [0.25, 0.3) is 5.91 Å². The van der Waals surface area contributed by atoms with Crippen LogP contribution in [0.15, 0.2) is 48.5 Å². The largest absolute Gasteiger partial charge is 0.452 e. The molecule has 0 aliphatic heterocycles. The smallest absolute Gasteiger partial charge is 0.340 e. The number of nitrogen functional groups attached to an aromatic ring is 1. The summed E-state index contributed by atoms with van der Waals surface area (Å²) in [5.41, 5.74) is 6.67. The van der Waals surface area contributed by atoms with Crippen molar-refractivity contribution in [1.29, 1.82) is 0 Å². The Morgan fingerprint density at radius 1 is 1.14 bits per heavy atom. The Bertz CT molecular complexity index is 659. The summed E-state index contributed by atoms with van der Waals surface area (Å²) >= 11 is 5.74. The number of carbonyl (C=O) groups excluding carboxylic acids is 2. The minimum Gasteiger partial charge on any atom is -0.452 e. The fourth-order valence-corrected chi connectivity index (χ4v) is 1.83. The summed E-state index contributed by atoms with van der Waals surface area (Å²) in [6.45, 7) is -0.393. The van der Waals surface area contributed by atoms with Crippen molar-refractivity contribution in [2.24, 2.45) is 0 Å². The van der Waals surface area contributed by atoms with Crippen LogP contribution in [-0.2, 0) is 9.53 Å². The van der Waals surface area contributed by atoms with Crippen molar-refractivity contribution in [3.05, 3.63) is 59.1 Å². The van der Waals surface area contributed by atoms with Crippen molar-refractivity contribution in [3.63, 3.8) is 0 Å². The molecule has 2 aromatic carbocycles. The molecule has 0 unspecified atom stereocenters. The van der Waals surface area contributed by atoms with Crippen LogP contribution in [0.2, 0.25) is 5.02 Å². The lowest BCUT2D eigenvalue weighted by molar-refractivity contribution is -0.119. The maximum Gasteiger partial charge on any atom is 0.340 e. The molecule has 3 N–H and O–H groups in total. The summed E-state index contributed by atoms with van der Waals surface area (Å²) in [7, 11) is 0. The third kappa shape index (κ3) is 4.22. The molecule has 0 fully saturated rings. The average molecular weight is 305 g/mol. The molecular formula is C15H13ClN2O3. The first-order chi connectivity index (χ1) is 10.1. The first-order valence-electron chi connectivity index (χ1n) is 6.13. The van der Waals surface area contributed by atoms with E-state index in [4.69, 9.17) is 22.1 Å². The molecule has 21 heavy (non-hydrogen) atoms. The molecule has 5 nitrogen and oxygen atoms in total. The summed E-state index contributed by atoms with van der Waals surface area (Å²) in [5.74, 6) is -1.10. The van der Waals surface area contributed by atoms with Crippen molar-refractivity contribution in [2.45, 2.75) is 0 Å². The predicted molar refractivity (Wildman–Crippen MR) is 81.2 cm³/mol. The van der Waals surface area contributed by atoms with Crippen LogP contribution in [0.3, 0.4) is 0 Å². The fraction of sp³-hybridized carbons (Fsp3) is 0.0667. The van der Waals surface area contributed by atoms with E-state index in [-0.39, 0.29) is 11.3 Å². The molecule has 2 aromatic rings. The molecule has 0 aromatic heterocycles. The van der Waals surface area contributed by atoms with E-state index >= 15 is 0 Å². The Hall–Kier alpha value is -2.53. The van der Waals surface area contributed by atoms with Crippen LogP contribution in [-0.4, -0.2) is 18.5 Å². The summed E-state index contributed by atoms with van der Waals surface area (Å²) < 4.78 is 4.91. The van der Waals surface area contributed by atoms with Crippen LogP contribution in [0, 0.1) is 0 Å². The molecule has 0 aliphatic carbocycles. The highest BCUT2D eigenvalue weighted by molar-refractivity contribution is 6.31. The number of nitrogens with two attached hydrogens (primary N) is 1. The highest BCUT2D eigenvalue weighted by atomic mass is 35.5. The van der Waals surface area contributed by atoms with Gasteiger partial charge >= 0.3 is 5.97 Å². The Balaban J connectivity index is 1.90. The van der Waals surface area contributed by atoms with Crippen LogP contribution >= 0.6 is 11.6 Å². The van der Waals surface area contributed by atoms with E-state index in [2.05, 4.69) is 5.32 Å². The molecule has 0 saturated heterocycles. The fourth-order valence-electron chi connectivity index (χ4n) is 1.65. The van der Waals surface area contributed by atoms with Gasteiger partial charge in [-0.1, -0.05) is 29.8 Å². The minimum atomic E-state index is -0.674. The molecular weight excluding hydrogens is 292 g/mol. The van der Waals surface area contributed by atoms with Crippen molar-refractivity contribution < 1.29 is 14.3 Å². The van der Waals surface area contributed by atoms with Crippen LogP contribution in [0.5, 0.6) is 0 Å². The van der Waals surface area contributed by atoms with Gasteiger partial charge in [0.1, 0.15) is 0 Å². The van der Waals surface area contributed by atoms with Gasteiger partial charge in [-0.25, -0.2) is 4.79 Å². The maximum absolute atomic E-state index is 11.8. The molecule has 0 bridgehead atoms. The van der Waals surface area contributed by atoms with E-state index in [1.807, 2.05) is 6.07 Å². The van der Waals surface area contributed by atoms with Gasteiger partial charge in [0, 0.05) is 16.4 Å². The molecule has 0 spiro atoms. The first-order valence-corrected chi connectivity index (χ1v) is 6.51. The maximum atomic E-state index is 11.8. The quantitative estimate of drug-likeness (QED) is 0.672. The summed E-state index contributed by atoms with van der Waals surface area (Å²) in [4.78, 5) is 23.5. The second kappa shape index (κ2) is 6.76. The van der Waals surface area contributed by atoms with Crippen molar-refractivity contribution in [2.75, 3.05) is 17.7 Å². The number of para-hydroxylation sites is 1.